The molecule has 0 atom stereocenters. The molecule has 9 heteroatoms. The smallest absolute Gasteiger partial charge is 0.270 e. The summed E-state index contributed by atoms with van der Waals surface area (Å²) in [4.78, 5) is 27.2. The zero-order chi connectivity index (χ0) is 23.2. The molecule has 0 saturated carbocycles. The minimum Gasteiger partial charge on any atom is -0.318 e. The average molecular weight is 505 g/mol. The largest absolute Gasteiger partial charge is 0.318 e. The number of thiocarbonyl (C=S) groups is 1. The summed E-state index contributed by atoms with van der Waals surface area (Å²) in [6, 6.07) is 14.2. The lowest BCUT2D eigenvalue weighted by Crippen LogP contribution is -2.54. The summed E-state index contributed by atoms with van der Waals surface area (Å²) in [7, 11) is 0. The molecular weight excluding hydrogens is 489 g/mol. The topological polar surface area (TPSA) is 54.3 Å². The standard InChI is InChI=1S/C23H16Cl3N3O2S/c1-12-10-14(13(2)28(12)16-8-6-15(24)7-9-16)11-17-21(30)27-23(32)29(22(17)31)19-5-3-4-18(25)20(19)26/h3-11H,1-2H3,(H,27,30,32). The Hall–Kier alpha value is -2.64. The predicted octanol–water partition coefficient (Wildman–Crippen LogP) is 5.89. The fourth-order valence-corrected chi connectivity index (χ4v) is 4.40. The first-order chi connectivity index (χ1) is 15.2. The van der Waals surface area contributed by atoms with Gasteiger partial charge >= 0.3 is 0 Å². The van der Waals surface area contributed by atoms with E-state index in [0.29, 0.717) is 10.7 Å². The van der Waals surface area contributed by atoms with Crippen LogP contribution < -0.4 is 10.2 Å². The molecule has 3 aromatic rings. The Morgan fingerprint density at radius 2 is 1.69 bits per heavy atom. The lowest BCUT2D eigenvalue weighted by molar-refractivity contribution is -0.122. The van der Waals surface area contributed by atoms with Crippen LogP contribution in [0.25, 0.3) is 11.8 Å². The molecule has 1 aromatic heterocycles. The van der Waals surface area contributed by atoms with Gasteiger partial charge in [0, 0.05) is 22.1 Å². The molecule has 162 valence electrons. The van der Waals surface area contributed by atoms with E-state index < -0.39 is 11.8 Å². The fraction of sp³-hybridized carbons (Fsp3) is 0.0870. The number of hydrogen-bond acceptors (Lipinski definition) is 3. The van der Waals surface area contributed by atoms with Crippen LogP contribution in [0.1, 0.15) is 17.0 Å². The number of nitrogens with zero attached hydrogens (tertiary/aromatic N) is 2. The van der Waals surface area contributed by atoms with Gasteiger partial charge < -0.3 is 4.57 Å². The predicted molar refractivity (Wildman–Crippen MR) is 133 cm³/mol. The minimum atomic E-state index is -0.584. The van der Waals surface area contributed by atoms with Crippen molar-refractivity contribution >= 4 is 75.7 Å². The van der Waals surface area contributed by atoms with Gasteiger partial charge in [0.15, 0.2) is 5.11 Å². The zero-order valence-electron chi connectivity index (χ0n) is 16.9. The summed E-state index contributed by atoms with van der Waals surface area (Å²) in [5.41, 5.74) is 3.67. The Labute approximate surface area is 205 Å². The third-order valence-electron chi connectivity index (χ3n) is 5.13. The van der Waals surface area contributed by atoms with E-state index in [2.05, 4.69) is 5.32 Å². The van der Waals surface area contributed by atoms with Gasteiger partial charge in [0.2, 0.25) is 0 Å². The van der Waals surface area contributed by atoms with Gasteiger partial charge in [-0.15, -0.1) is 0 Å². The summed E-state index contributed by atoms with van der Waals surface area (Å²) in [5, 5.41) is 3.58. The maximum absolute atomic E-state index is 13.3. The maximum Gasteiger partial charge on any atom is 0.270 e. The normalized spacial score (nSPS) is 15.5. The van der Waals surface area contributed by atoms with E-state index >= 15 is 0 Å². The first-order valence-corrected chi connectivity index (χ1v) is 11.0. The van der Waals surface area contributed by atoms with Crippen LogP contribution in [-0.2, 0) is 9.59 Å². The van der Waals surface area contributed by atoms with Crippen molar-refractivity contribution in [1.29, 1.82) is 0 Å². The molecule has 5 nitrogen and oxygen atoms in total. The molecule has 2 aromatic carbocycles. The maximum atomic E-state index is 13.3. The molecule has 1 aliphatic heterocycles. The molecule has 1 saturated heterocycles. The molecule has 0 unspecified atom stereocenters. The average Bonchev–Trinajstić information content (AvgIpc) is 3.02. The Morgan fingerprint density at radius 3 is 2.38 bits per heavy atom. The molecule has 0 bridgehead atoms. The van der Waals surface area contributed by atoms with Crippen molar-refractivity contribution < 1.29 is 9.59 Å². The lowest BCUT2D eigenvalue weighted by Gasteiger charge is -2.29. The van der Waals surface area contributed by atoms with E-state index in [1.807, 2.05) is 36.6 Å². The molecule has 0 spiro atoms. The summed E-state index contributed by atoms with van der Waals surface area (Å²) in [6.45, 7) is 3.86. The Balaban J connectivity index is 1.78. The van der Waals surface area contributed by atoms with E-state index in [1.54, 1.807) is 36.4 Å². The van der Waals surface area contributed by atoms with E-state index in [4.69, 9.17) is 47.0 Å². The second kappa shape index (κ2) is 8.71. The van der Waals surface area contributed by atoms with Gasteiger partial charge in [0.1, 0.15) is 5.57 Å². The number of hydrogen-bond donors (Lipinski definition) is 1. The van der Waals surface area contributed by atoms with E-state index in [-0.39, 0.29) is 20.7 Å². The van der Waals surface area contributed by atoms with Gasteiger partial charge in [0.25, 0.3) is 11.8 Å². The summed E-state index contributed by atoms with van der Waals surface area (Å²) in [5.74, 6) is -1.16. The SMILES string of the molecule is Cc1cc(C=C2C(=O)NC(=S)N(c3cccc(Cl)c3Cl)C2=O)c(C)n1-c1ccc(Cl)cc1. The number of aromatic nitrogens is 1. The summed E-state index contributed by atoms with van der Waals surface area (Å²) in [6.07, 6.45) is 1.56. The van der Waals surface area contributed by atoms with Gasteiger partial charge in [-0.05, 0) is 80.2 Å². The van der Waals surface area contributed by atoms with Crippen LogP contribution in [0.15, 0.2) is 54.1 Å². The molecule has 4 rings (SSSR count). The second-order valence-corrected chi connectivity index (χ2v) is 8.78. The first-order valence-electron chi connectivity index (χ1n) is 9.49. The Kier molecular flexibility index (Phi) is 6.14. The molecule has 1 fully saturated rings. The zero-order valence-corrected chi connectivity index (χ0v) is 20.0. The van der Waals surface area contributed by atoms with E-state index in [0.717, 1.165) is 22.6 Å². The first kappa shape index (κ1) is 22.6. The van der Waals surface area contributed by atoms with Crippen molar-refractivity contribution in [2.75, 3.05) is 4.90 Å². The third kappa shape index (κ3) is 3.95. The molecule has 2 heterocycles. The number of anilines is 1. The number of aryl methyl sites for hydroxylation is 1. The fourth-order valence-electron chi connectivity index (χ4n) is 3.62. The third-order valence-corrected chi connectivity index (χ3v) is 6.47. The highest BCUT2D eigenvalue weighted by Crippen LogP contribution is 2.34. The van der Waals surface area contributed by atoms with Crippen molar-refractivity contribution in [2.45, 2.75) is 13.8 Å². The molecule has 2 amide bonds. The van der Waals surface area contributed by atoms with Crippen molar-refractivity contribution in [1.82, 2.24) is 9.88 Å². The monoisotopic (exact) mass is 503 g/mol. The molecule has 32 heavy (non-hydrogen) atoms. The van der Waals surface area contributed by atoms with Crippen LogP contribution in [0.3, 0.4) is 0 Å². The quantitative estimate of drug-likeness (QED) is 0.275. The van der Waals surface area contributed by atoms with Crippen LogP contribution in [0.4, 0.5) is 5.69 Å². The summed E-state index contributed by atoms with van der Waals surface area (Å²) >= 11 is 23.7. The van der Waals surface area contributed by atoms with E-state index in [1.165, 1.54) is 4.90 Å². The van der Waals surface area contributed by atoms with Crippen molar-refractivity contribution in [3.8, 4) is 5.69 Å². The number of amides is 2. The molecule has 1 aliphatic rings. The van der Waals surface area contributed by atoms with Crippen LogP contribution in [0, 0.1) is 13.8 Å². The lowest BCUT2D eigenvalue weighted by atomic mass is 10.1. The number of nitrogens with one attached hydrogen (secondary N) is 1. The molecular formula is C23H16Cl3N3O2S. The second-order valence-electron chi connectivity index (χ2n) is 7.17. The van der Waals surface area contributed by atoms with Crippen molar-refractivity contribution in [2.24, 2.45) is 0 Å². The molecule has 0 aliphatic carbocycles. The number of halogens is 3. The van der Waals surface area contributed by atoms with Crippen LogP contribution in [0.5, 0.6) is 0 Å². The minimum absolute atomic E-state index is 0.0621. The van der Waals surface area contributed by atoms with Crippen molar-refractivity contribution in [3.63, 3.8) is 0 Å². The van der Waals surface area contributed by atoms with Gasteiger partial charge in [-0.2, -0.15) is 0 Å². The van der Waals surface area contributed by atoms with Crippen LogP contribution in [0.2, 0.25) is 15.1 Å². The Bertz CT molecular complexity index is 1310. The number of carbonyl (C=O) groups excluding carboxylic acids is 2. The van der Waals surface area contributed by atoms with Crippen LogP contribution in [-0.4, -0.2) is 21.5 Å². The van der Waals surface area contributed by atoms with E-state index in [9.17, 15) is 9.59 Å². The molecule has 0 radical (unpaired) electrons. The summed E-state index contributed by atoms with van der Waals surface area (Å²) < 4.78 is 2.02. The molecule has 1 N–H and O–H groups in total. The van der Waals surface area contributed by atoms with Gasteiger partial charge in [0.05, 0.1) is 15.7 Å². The highest BCUT2D eigenvalue weighted by atomic mass is 35.5. The van der Waals surface area contributed by atoms with Crippen molar-refractivity contribution in [3.05, 3.63) is 86.1 Å². The van der Waals surface area contributed by atoms with Gasteiger partial charge in [-0.25, -0.2) is 0 Å². The van der Waals surface area contributed by atoms with Gasteiger partial charge in [-0.1, -0.05) is 40.9 Å². The number of benzene rings is 2. The highest BCUT2D eigenvalue weighted by molar-refractivity contribution is 7.80. The van der Waals surface area contributed by atoms with Crippen LogP contribution >= 0.6 is 47.0 Å². The number of carbonyl (C=O) groups is 2. The number of rotatable bonds is 3. The Morgan fingerprint density at radius 1 is 1.00 bits per heavy atom. The van der Waals surface area contributed by atoms with Gasteiger partial charge in [-0.3, -0.25) is 19.8 Å². The highest BCUT2D eigenvalue weighted by Gasteiger charge is 2.36.